The minimum atomic E-state index is 0.0927. The number of piperidine rings is 1. The third-order valence-electron chi connectivity index (χ3n) is 5.45. The number of hydrogen-bond acceptors (Lipinski definition) is 3. The van der Waals surface area contributed by atoms with E-state index in [1.54, 1.807) is 6.92 Å². The number of piperazine rings is 1. The topological polar surface area (TPSA) is 43.9 Å². The van der Waals surface area contributed by atoms with Crippen LogP contribution < -0.4 is 0 Å². The van der Waals surface area contributed by atoms with Gasteiger partial charge in [-0.15, -0.1) is 0 Å². The van der Waals surface area contributed by atoms with Crippen LogP contribution in [0.2, 0.25) is 0 Å². The summed E-state index contributed by atoms with van der Waals surface area (Å²) in [5.74, 6) is 0.496. The predicted octanol–water partition coefficient (Wildman–Crippen LogP) is 2.10. The average Bonchev–Trinajstić information content (AvgIpc) is 2.69. The van der Waals surface area contributed by atoms with Gasteiger partial charge in [-0.05, 0) is 18.4 Å². The van der Waals surface area contributed by atoms with Crippen molar-refractivity contribution in [2.75, 3.05) is 45.8 Å². The van der Waals surface area contributed by atoms with Crippen LogP contribution in [0.1, 0.15) is 25.3 Å². The smallest absolute Gasteiger partial charge is 0.225 e. The van der Waals surface area contributed by atoms with Crippen molar-refractivity contribution < 1.29 is 9.59 Å². The average molecular weight is 355 g/mol. The predicted molar refractivity (Wildman–Crippen MR) is 103 cm³/mol. The Morgan fingerprint density at radius 2 is 1.62 bits per heavy atom. The molecule has 140 valence electrons. The van der Waals surface area contributed by atoms with Crippen molar-refractivity contribution in [3.05, 3.63) is 42.0 Å². The van der Waals surface area contributed by atoms with E-state index in [0.717, 1.165) is 58.7 Å². The lowest BCUT2D eigenvalue weighted by Crippen LogP contribution is -2.51. The largest absolute Gasteiger partial charge is 0.343 e. The molecule has 0 saturated carbocycles. The molecule has 0 aliphatic carbocycles. The van der Waals surface area contributed by atoms with Gasteiger partial charge in [-0.3, -0.25) is 14.5 Å². The summed E-state index contributed by atoms with van der Waals surface area (Å²) in [7, 11) is 0. The highest BCUT2D eigenvalue weighted by Crippen LogP contribution is 2.20. The Bertz CT molecular complexity index is 628. The summed E-state index contributed by atoms with van der Waals surface area (Å²) in [5, 5.41) is 0. The normalized spacial score (nSPS) is 19.9. The number of nitrogens with zero attached hydrogens (tertiary/aromatic N) is 3. The van der Waals surface area contributed by atoms with Gasteiger partial charge < -0.3 is 9.80 Å². The number of hydrogen-bond donors (Lipinski definition) is 0. The van der Waals surface area contributed by atoms with Gasteiger partial charge in [0.2, 0.25) is 11.8 Å². The molecule has 3 rings (SSSR count). The Balaban J connectivity index is 1.40. The number of rotatable bonds is 4. The number of amides is 2. The molecule has 2 amide bonds. The quantitative estimate of drug-likeness (QED) is 0.831. The van der Waals surface area contributed by atoms with Crippen LogP contribution >= 0.6 is 0 Å². The van der Waals surface area contributed by atoms with E-state index >= 15 is 0 Å². The second kappa shape index (κ2) is 8.99. The molecule has 0 spiro atoms. The number of carbonyl (C=O) groups is 2. The van der Waals surface area contributed by atoms with Crippen molar-refractivity contribution in [1.29, 1.82) is 0 Å². The summed E-state index contributed by atoms with van der Waals surface area (Å²) < 4.78 is 0. The standard InChI is InChI=1S/C21H29N3O2/c1-18(25)23-12-9-20(10-13-23)21(26)24-16-14-22(15-17-24)11-5-8-19-6-3-2-4-7-19/h2-8,20H,9-17H2,1H3/b8-5+. The second-order valence-corrected chi connectivity index (χ2v) is 7.22. The van der Waals surface area contributed by atoms with Crippen LogP contribution in [-0.4, -0.2) is 72.3 Å². The molecule has 0 atom stereocenters. The van der Waals surface area contributed by atoms with Gasteiger partial charge in [0.1, 0.15) is 0 Å². The second-order valence-electron chi connectivity index (χ2n) is 7.22. The van der Waals surface area contributed by atoms with Gasteiger partial charge in [0.15, 0.2) is 0 Å². The SMILES string of the molecule is CC(=O)N1CCC(C(=O)N2CCN(C/C=C/c3ccccc3)CC2)CC1. The summed E-state index contributed by atoms with van der Waals surface area (Å²) in [6, 6.07) is 10.3. The first-order valence-corrected chi connectivity index (χ1v) is 9.62. The van der Waals surface area contributed by atoms with E-state index in [2.05, 4.69) is 29.2 Å². The summed E-state index contributed by atoms with van der Waals surface area (Å²) in [6.07, 6.45) is 5.96. The highest BCUT2D eigenvalue weighted by Gasteiger charge is 2.30. The third-order valence-corrected chi connectivity index (χ3v) is 5.45. The molecule has 0 bridgehead atoms. The van der Waals surface area contributed by atoms with Crippen LogP contribution in [0.4, 0.5) is 0 Å². The van der Waals surface area contributed by atoms with Crippen molar-refractivity contribution in [3.8, 4) is 0 Å². The van der Waals surface area contributed by atoms with Crippen molar-refractivity contribution in [2.24, 2.45) is 5.92 Å². The van der Waals surface area contributed by atoms with Crippen LogP contribution in [0, 0.1) is 5.92 Å². The molecule has 2 saturated heterocycles. The first-order valence-electron chi connectivity index (χ1n) is 9.62. The van der Waals surface area contributed by atoms with Gasteiger partial charge in [-0.2, -0.15) is 0 Å². The molecule has 2 aliphatic rings. The molecule has 5 heteroatoms. The molecule has 0 aromatic heterocycles. The number of likely N-dealkylation sites (tertiary alicyclic amines) is 1. The van der Waals surface area contributed by atoms with Gasteiger partial charge in [0.25, 0.3) is 0 Å². The zero-order valence-corrected chi connectivity index (χ0v) is 15.6. The van der Waals surface area contributed by atoms with Crippen molar-refractivity contribution >= 4 is 17.9 Å². The fourth-order valence-corrected chi connectivity index (χ4v) is 3.75. The van der Waals surface area contributed by atoms with Crippen LogP contribution in [-0.2, 0) is 9.59 Å². The lowest BCUT2D eigenvalue weighted by atomic mass is 9.95. The minimum Gasteiger partial charge on any atom is -0.343 e. The van der Waals surface area contributed by atoms with E-state index < -0.39 is 0 Å². The molecular formula is C21H29N3O2. The highest BCUT2D eigenvalue weighted by molar-refractivity contribution is 5.80. The van der Waals surface area contributed by atoms with E-state index in [0.29, 0.717) is 0 Å². The highest BCUT2D eigenvalue weighted by atomic mass is 16.2. The van der Waals surface area contributed by atoms with E-state index in [9.17, 15) is 9.59 Å². The molecule has 2 aliphatic heterocycles. The molecule has 0 radical (unpaired) electrons. The fraction of sp³-hybridized carbons (Fsp3) is 0.524. The molecule has 5 nitrogen and oxygen atoms in total. The van der Waals surface area contributed by atoms with Crippen molar-refractivity contribution in [2.45, 2.75) is 19.8 Å². The van der Waals surface area contributed by atoms with Crippen LogP contribution in [0.5, 0.6) is 0 Å². The van der Waals surface area contributed by atoms with Gasteiger partial charge in [0, 0.05) is 58.7 Å². The Labute approximate surface area is 156 Å². The Morgan fingerprint density at radius 3 is 2.23 bits per heavy atom. The van der Waals surface area contributed by atoms with E-state index in [1.807, 2.05) is 28.0 Å². The lowest BCUT2D eigenvalue weighted by Gasteiger charge is -2.38. The number of carbonyl (C=O) groups excluding carboxylic acids is 2. The van der Waals surface area contributed by atoms with E-state index in [1.165, 1.54) is 5.56 Å². The summed E-state index contributed by atoms with van der Waals surface area (Å²) in [5.41, 5.74) is 1.22. The molecule has 26 heavy (non-hydrogen) atoms. The summed E-state index contributed by atoms with van der Waals surface area (Å²) in [6.45, 7) is 7.44. The first-order chi connectivity index (χ1) is 12.6. The first kappa shape index (κ1) is 18.6. The molecule has 1 aromatic rings. The molecular weight excluding hydrogens is 326 g/mol. The maximum absolute atomic E-state index is 12.7. The van der Waals surface area contributed by atoms with Gasteiger partial charge in [0.05, 0.1) is 0 Å². The maximum Gasteiger partial charge on any atom is 0.225 e. The van der Waals surface area contributed by atoms with Crippen molar-refractivity contribution in [3.63, 3.8) is 0 Å². The summed E-state index contributed by atoms with van der Waals surface area (Å²) in [4.78, 5) is 30.4. The zero-order valence-electron chi connectivity index (χ0n) is 15.6. The molecule has 2 heterocycles. The van der Waals surface area contributed by atoms with Gasteiger partial charge in [-0.25, -0.2) is 0 Å². The van der Waals surface area contributed by atoms with Crippen LogP contribution in [0.15, 0.2) is 36.4 Å². The zero-order chi connectivity index (χ0) is 18.4. The third kappa shape index (κ3) is 4.94. The molecule has 0 N–H and O–H groups in total. The summed E-state index contributed by atoms with van der Waals surface area (Å²) >= 11 is 0. The molecule has 0 unspecified atom stereocenters. The Hall–Kier alpha value is -2.14. The van der Waals surface area contributed by atoms with E-state index in [4.69, 9.17) is 0 Å². The Kier molecular flexibility index (Phi) is 6.45. The minimum absolute atomic E-state index is 0.0927. The Morgan fingerprint density at radius 1 is 0.962 bits per heavy atom. The fourth-order valence-electron chi connectivity index (χ4n) is 3.75. The lowest BCUT2D eigenvalue weighted by molar-refractivity contribution is -0.141. The molecule has 2 fully saturated rings. The van der Waals surface area contributed by atoms with Gasteiger partial charge >= 0.3 is 0 Å². The van der Waals surface area contributed by atoms with E-state index in [-0.39, 0.29) is 17.7 Å². The number of benzene rings is 1. The van der Waals surface area contributed by atoms with Crippen LogP contribution in [0.3, 0.4) is 0 Å². The monoisotopic (exact) mass is 355 g/mol. The van der Waals surface area contributed by atoms with Crippen LogP contribution in [0.25, 0.3) is 6.08 Å². The van der Waals surface area contributed by atoms with Crippen molar-refractivity contribution in [1.82, 2.24) is 14.7 Å². The molecule has 1 aromatic carbocycles. The maximum atomic E-state index is 12.7. The van der Waals surface area contributed by atoms with Gasteiger partial charge in [-0.1, -0.05) is 42.5 Å².